The maximum absolute atomic E-state index is 12.7. The highest BCUT2D eigenvalue weighted by Crippen LogP contribution is 2.30. The lowest BCUT2D eigenvalue weighted by Gasteiger charge is -2.26. The minimum absolute atomic E-state index is 0.112. The second-order valence-electron chi connectivity index (χ2n) is 5.87. The van der Waals surface area contributed by atoms with Gasteiger partial charge in [0.15, 0.2) is 0 Å². The number of sulfonamides is 1. The molecular formula is C16H17BrN4O5S2. The number of rotatable bonds is 6. The SMILES string of the molecule is CC(=NNc1ccc(S(=O)(=O)N2CCOCC2)cc1[N+](=O)[O-])c1ccc(Br)s1. The number of nitro groups is 1. The van der Waals surface area contributed by atoms with Crippen molar-refractivity contribution < 1.29 is 18.1 Å². The number of nitrogens with one attached hydrogen (secondary N) is 1. The zero-order valence-corrected chi connectivity index (χ0v) is 18.0. The quantitative estimate of drug-likeness (QED) is 0.379. The van der Waals surface area contributed by atoms with Crippen LogP contribution in [0, 0.1) is 10.1 Å². The van der Waals surface area contributed by atoms with E-state index in [2.05, 4.69) is 26.5 Å². The van der Waals surface area contributed by atoms with Crippen molar-refractivity contribution >= 4 is 54.4 Å². The lowest BCUT2D eigenvalue weighted by Crippen LogP contribution is -2.40. The van der Waals surface area contributed by atoms with E-state index >= 15 is 0 Å². The molecule has 1 aromatic carbocycles. The molecule has 1 aliphatic heterocycles. The molecule has 3 rings (SSSR count). The number of benzene rings is 1. The fraction of sp³-hybridized carbons (Fsp3) is 0.312. The van der Waals surface area contributed by atoms with Crippen molar-refractivity contribution in [2.45, 2.75) is 11.8 Å². The van der Waals surface area contributed by atoms with E-state index < -0.39 is 14.9 Å². The van der Waals surface area contributed by atoms with Crippen LogP contribution < -0.4 is 5.43 Å². The van der Waals surface area contributed by atoms with Gasteiger partial charge in [-0.2, -0.15) is 9.41 Å². The van der Waals surface area contributed by atoms with Crippen LogP contribution in [0.3, 0.4) is 0 Å². The zero-order valence-electron chi connectivity index (χ0n) is 14.8. The Balaban J connectivity index is 1.88. The van der Waals surface area contributed by atoms with Gasteiger partial charge in [0.05, 0.1) is 37.4 Å². The molecule has 9 nitrogen and oxygen atoms in total. The predicted octanol–water partition coefficient (Wildman–Crippen LogP) is 3.28. The number of morpholine rings is 1. The molecule has 1 N–H and O–H groups in total. The number of hydrazone groups is 1. The summed E-state index contributed by atoms with van der Waals surface area (Å²) >= 11 is 4.85. The molecule has 0 atom stereocenters. The van der Waals surface area contributed by atoms with Gasteiger partial charge in [0, 0.05) is 19.2 Å². The van der Waals surface area contributed by atoms with Crippen LogP contribution in [-0.4, -0.2) is 49.7 Å². The van der Waals surface area contributed by atoms with Crippen molar-refractivity contribution in [3.8, 4) is 0 Å². The maximum atomic E-state index is 12.7. The van der Waals surface area contributed by atoms with E-state index in [1.807, 2.05) is 12.1 Å². The summed E-state index contributed by atoms with van der Waals surface area (Å²) in [7, 11) is -3.82. The third-order valence-corrected chi connectivity index (χ3v) is 7.67. The predicted molar refractivity (Wildman–Crippen MR) is 111 cm³/mol. The second kappa shape index (κ2) is 8.66. The normalized spacial score (nSPS) is 16.1. The van der Waals surface area contributed by atoms with Gasteiger partial charge in [-0.25, -0.2) is 8.42 Å². The molecule has 12 heteroatoms. The number of anilines is 1. The van der Waals surface area contributed by atoms with Gasteiger partial charge in [-0.15, -0.1) is 11.3 Å². The van der Waals surface area contributed by atoms with E-state index in [0.29, 0.717) is 18.9 Å². The molecule has 0 unspecified atom stereocenters. The molecule has 2 aromatic rings. The van der Waals surface area contributed by atoms with Crippen LogP contribution in [0.4, 0.5) is 11.4 Å². The van der Waals surface area contributed by atoms with E-state index in [9.17, 15) is 18.5 Å². The number of hydrogen-bond donors (Lipinski definition) is 1. The molecule has 0 aliphatic carbocycles. The lowest BCUT2D eigenvalue weighted by molar-refractivity contribution is -0.384. The minimum atomic E-state index is -3.82. The van der Waals surface area contributed by atoms with Crippen LogP contribution in [0.25, 0.3) is 0 Å². The molecule has 1 aliphatic rings. The van der Waals surface area contributed by atoms with E-state index in [1.54, 1.807) is 6.92 Å². The van der Waals surface area contributed by atoms with Crippen molar-refractivity contribution in [3.63, 3.8) is 0 Å². The average molecular weight is 489 g/mol. The fourth-order valence-corrected chi connectivity index (χ4v) is 5.32. The number of ether oxygens (including phenoxy) is 1. The minimum Gasteiger partial charge on any atom is -0.379 e. The molecule has 1 aromatic heterocycles. The van der Waals surface area contributed by atoms with Crippen molar-refractivity contribution in [1.82, 2.24) is 4.31 Å². The van der Waals surface area contributed by atoms with Gasteiger partial charge in [0.25, 0.3) is 5.69 Å². The van der Waals surface area contributed by atoms with Crippen LogP contribution in [0.5, 0.6) is 0 Å². The Morgan fingerprint density at radius 3 is 2.64 bits per heavy atom. The Bertz CT molecular complexity index is 1020. The summed E-state index contributed by atoms with van der Waals surface area (Å²) in [6, 6.07) is 7.51. The summed E-state index contributed by atoms with van der Waals surface area (Å²) in [5, 5.41) is 15.7. The molecule has 1 saturated heterocycles. The van der Waals surface area contributed by atoms with Gasteiger partial charge in [0.2, 0.25) is 10.0 Å². The summed E-state index contributed by atoms with van der Waals surface area (Å²) in [4.78, 5) is 11.6. The molecule has 0 saturated carbocycles. The van der Waals surface area contributed by atoms with Crippen LogP contribution in [0.15, 0.2) is 44.1 Å². The van der Waals surface area contributed by atoms with E-state index in [-0.39, 0.29) is 29.4 Å². The second-order valence-corrected chi connectivity index (χ2v) is 10.3. The van der Waals surface area contributed by atoms with Crippen molar-refractivity contribution in [2.24, 2.45) is 5.10 Å². The maximum Gasteiger partial charge on any atom is 0.295 e. The largest absolute Gasteiger partial charge is 0.379 e. The Morgan fingerprint density at radius 2 is 2.04 bits per heavy atom. The van der Waals surface area contributed by atoms with Gasteiger partial charge < -0.3 is 4.74 Å². The smallest absolute Gasteiger partial charge is 0.295 e. The van der Waals surface area contributed by atoms with Gasteiger partial charge in [0.1, 0.15) is 5.69 Å². The number of halogens is 1. The summed E-state index contributed by atoms with van der Waals surface area (Å²) < 4.78 is 32.8. The van der Waals surface area contributed by atoms with E-state index in [4.69, 9.17) is 4.74 Å². The highest BCUT2D eigenvalue weighted by molar-refractivity contribution is 9.11. The Hall–Kier alpha value is -1.86. The van der Waals surface area contributed by atoms with Gasteiger partial charge in [-0.05, 0) is 47.1 Å². The van der Waals surface area contributed by atoms with Crippen LogP contribution >= 0.6 is 27.3 Å². The highest BCUT2D eigenvalue weighted by atomic mass is 79.9. The van der Waals surface area contributed by atoms with Crippen LogP contribution in [-0.2, 0) is 14.8 Å². The van der Waals surface area contributed by atoms with Gasteiger partial charge in [-0.1, -0.05) is 0 Å². The van der Waals surface area contributed by atoms with Crippen LogP contribution in [0.1, 0.15) is 11.8 Å². The molecular weight excluding hydrogens is 472 g/mol. The monoisotopic (exact) mass is 488 g/mol. The Morgan fingerprint density at radius 1 is 1.32 bits per heavy atom. The van der Waals surface area contributed by atoms with E-state index in [0.717, 1.165) is 14.7 Å². The third kappa shape index (κ3) is 4.58. The van der Waals surface area contributed by atoms with E-state index in [1.165, 1.54) is 27.8 Å². The summed E-state index contributed by atoms with van der Waals surface area (Å²) in [6.45, 7) is 2.81. The Kier molecular flexibility index (Phi) is 6.45. The molecule has 150 valence electrons. The van der Waals surface area contributed by atoms with Crippen LogP contribution in [0.2, 0.25) is 0 Å². The molecule has 0 radical (unpaired) electrons. The third-order valence-electron chi connectivity index (χ3n) is 4.05. The number of thiophene rings is 1. The number of hydrogen-bond acceptors (Lipinski definition) is 8. The Labute approximate surface area is 174 Å². The number of nitrogens with zero attached hydrogens (tertiary/aromatic N) is 3. The number of nitro benzene ring substituents is 1. The summed E-state index contributed by atoms with van der Waals surface area (Å²) in [5.41, 5.74) is 3.07. The topological polar surface area (TPSA) is 114 Å². The molecule has 1 fully saturated rings. The fourth-order valence-electron chi connectivity index (χ4n) is 2.56. The summed E-state index contributed by atoms with van der Waals surface area (Å²) in [5.74, 6) is 0. The zero-order chi connectivity index (χ0) is 20.3. The molecule has 28 heavy (non-hydrogen) atoms. The highest BCUT2D eigenvalue weighted by Gasteiger charge is 2.28. The molecule has 0 bridgehead atoms. The first kappa shape index (κ1) is 20.9. The first-order valence-electron chi connectivity index (χ1n) is 8.21. The molecule has 2 heterocycles. The molecule has 0 amide bonds. The first-order valence-corrected chi connectivity index (χ1v) is 11.3. The van der Waals surface area contributed by atoms with Crippen molar-refractivity contribution in [3.05, 3.63) is 49.1 Å². The van der Waals surface area contributed by atoms with Crippen molar-refractivity contribution in [2.75, 3.05) is 31.7 Å². The van der Waals surface area contributed by atoms with Gasteiger partial charge >= 0.3 is 0 Å². The average Bonchev–Trinajstić information content (AvgIpc) is 3.13. The summed E-state index contributed by atoms with van der Waals surface area (Å²) in [6.07, 6.45) is 0. The molecule has 0 spiro atoms. The first-order chi connectivity index (χ1) is 13.3. The van der Waals surface area contributed by atoms with Gasteiger partial charge in [-0.3, -0.25) is 15.5 Å². The van der Waals surface area contributed by atoms with Crippen molar-refractivity contribution in [1.29, 1.82) is 0 Å². The standard InChI is InChI=1S/C16H17BrN4O5S2/c1-11(15-4-5-16(17)27-15)18-19-13-3-2-12(10-14(13)21(22)23)28(24,25)20-6-8-26-9-7-20/h2-5,10,19H,6-9H2,1H3. The lowest BCUT2D eigenvalue weighted by atomic mass is 10.3.